The number of nitrogen functional groups attached to an aromatic ring is 1. The molecule has 2 heterocycles. The van der Waals surface area contributed by atoms with Crippen molar-refractivity contribution in [3.8, 4) is 10.7 Å². The van der Waals surface area contributed by atoms with Crippen LogP contribution in [0.25, 0.3) is 10.7 Å². The molecule has 0 radical (unpaired) electrons. The van der Waals surface area contributed by atoms with Crippen LogP contribution < -0.4 is 5.73 Å². The number of hydrogen-bond donors (Lipinski definition) is 1. The van der Waals surface area contributed by atoms with Crippen molar-refractivity contribution in [3.63, 3.8) is 0 Å². The number of thiophene rings is 1. The number of fused-ring (bicyclic) bond motifs is 1. The van der Waals surface area contributed by atoms with E-state index in [1.54, 1.807) is 11.3 Å². The van der Waals surface area contributed by atoms with Crippen LogP contribution in [0.3, 0.4) is 0 Å². The highest BCUT2D eigenvalue weighted by Gasteiger charge is 2.17. The Morgan fingerprint density at radius 1 is 1.24 bits per heavy atom. The summed E-state index contributed by atoms with van der Waals surface area (Å²) in [6, 6.07) is 2.10. The molecule has 17 heavy (non-hydrogen) atoms. The van der Waals surface area contributed by atoms with Crippen molar-refractivity contribution in [2.45, 2.75) is 32.6 Å². The zero-order chi connectivity index (χ0) is 11.8. The van der Waals surface area contributed by atoms with Gasteiger partial charge in [0.1, 0.15) is 5.82 Å². The first-order valence-corrected chi connectivity index (χ1v) is 6.83. The maximum atomic E-state index is 6.05. The summed E-state index contributed by atoms with van der Waals surface area (Å²) in [5.41, 5.74) is 9.61. The van der Waals surface area contributed by atoms with E-state index in [0.29, 0.717) is 5.82 Å². The lowest BCUT2D eigenvalue weighted by Gasteiger charge is -2.16. The van der Waals surface area contributed by atoms with Crippen LogP contribution in [0.2, 0.25) is 0 Å². The highest BCUT2D eigenvalue weighted by Crippen LogP contribution is 2.30. The predicted octanol–water partition coefficient (Wildman–Crippen LogP) is 2.97. The second-order valence-electron chi connectivity index (χ2n) is 4.50. The monoisotopic (exact) mass is 245 g/mol. The van der Waals surface area contributed by atoms with Crippen LogP contribution in [0.15, 0.2) is 11.4 Å². The van der Waals surface area contributed by atoms with E-state index >= 15 is 0 Å². The number of rotatable bonds is 1. The van der Waals surface area contributed by atoms with Gasteiger partial charge in [0.15, 0.2) is 5.82 Å². The Balaban J connectivity index is 2.14. The standard InChI is InChI=1S/C13H15N3S/c1-8-6-7-17-11(8)13-15-10-5-3-2-4-9(10)12(14)16-13/h6-7H,2-5H2,1H3,(H2,14,15,16). The zero-order valence-corrected chi connectivity index (χ0v) is 10.7. The molecule has 88 valence electrons. The van der Waals surface area contributed by atoms with Crippen molar-refractivity contribution < 1.29 is 0 Å². The van der Waals surface area contributed by atoms with Crippen molar-refractivity contribution in [1.82, 2.24) is 9.97 Å². The third kappa shape index (κ3) is 1.82. The lowest BCUT2D eigenvalue weighted by Crippen LogP contribution is -2.11. The molecule has 0 bridgehead atoms. The minimum atomic E-state index is 0.678. The van der Waals surface area contributed by atoms with Crippen molar-refractivity contribution in [2.24, 2.45) is 0 Å². The minimum Gasteiger partial charge on any atom is -0.383 e. The molecule has 0 amide bonds. The predicted molar refractivity (Wildman–Crippen MR) is 71.1 cm³/mol. The van der Waals surface area contributed by atoms with E-state index in [1.807, 2.05) is 0 Å². The Labute approximate surface area is 105 Å². The Hall–Kier alpha value is -1.42. The summed E-state index contributed by atoms with van der Waals surface area (Å²) in [6.45, 7) is 2.09. The highest BCUT2D eigenvalue weighted by atomic mass is 32.1. The molecular formula is C13H15N3S. The van der Waals surface area contributed by atoms with Gasteiger partial charge in [-0.15, -0.1) is 11.3 Å². The quantitative estimate of drug-likeness (QED) is 0.840. The summed E-state index contributed by atoms with van der Waals surface area (Å²) in [4.78, 5) is 10.3. The molecule has 2 aromatic rings. The minimum absolute atomic E-state index is 0.678. The lowest BCUT2D eigenvalue weighted by atomic mass is 9.96. The number of anilines is 1. The van der Waals surface area contributed by atoms with E-state index in [2.05, 4.69) is 23.4 Å². The molecule has 0 saturated heterocycles. The summed E-state index contributed by atoms with van der Waals surface area (Å²) >= 11 is 1.68. The van der Waals surface area contributed by atoms with Crippen LogP contribution in [0.5, 0.6) is 0 Å². The average Bonchev–Trinajstić information content (AvgIpc) is 2.75. The van der Waals surface area contributed by atoms with Crippen LogP contribution in [0.1, 0.15) is 29.7 Å². The molecule has 3 rings (SSSR count). The molecule has 0 aromatic carbocycles. The first-order valence-electron chi connectivity index (χ1n) is 5.95. The molecule has 0 saturated carbocycles. The van der Waals surface area contributed by atoms with Crippen LogP contribution in [-0.4, -0.2) is 9.97 Å². The van der Waals surface area contributed by atoms with Crippen molar-refractivity contribution in [3.05, 3.63) is 28.3 Å². The molecule has 0 spiro atoms. The van der Waals surface area contributed by atoms with E-state index in [0.717, 1.165) is 29.2 Å². The zero-order valence-electron chi connectivity index (χ0n) is 9.86. The van der Waals surface area contributed by atoms with Gasteiger partial charge in [0.2, 0.25) is 0 Å². The second-order valence-corrected chi connectivity index (χ2v) is 5.41. The Bertz CT molecular complexity index is 560. The van der Waals surface area contributed by atoms with Crippen molar-refractivity contribution in [1.29, 1.82) is 0 Å². The summed E-state index contributed by atoms with van der Waals surface area (Å²) in [6.07, 6.45) is 4.49. The molecular weight excluding hydrogens is 230 g/mol. The molecule has 3 nitrogen and oxygen atoms in total. The fourth-order valence-corrected chi connectivity index (χ4v) is 3.19. The Kier molecular flexibility index (Phi) is 2.59. The fraction of sp³-hybridized carbons (Fsp3) is 0.385. The topological polar surface area (TPSA) is 51.8 Å². The number of aromatic nitrogens is 2. The molecule has 2 aromatic heterocycles. The van der Waals surface area contributed by atoms with Crippen LogP contribution in [-0.2, 0) is 12.8 Å². The van der Waals surface area contributed by atoms with Gasteiger partial charge in [0.25, 0.3) is 0 Å². The first-order chi connectivity index (χ1) is 8.25. The molecule has 4 heteroatoms. The maximum absolute atomic E-state index is 6.05. The lowest BCUT2D eigenvalue weighted by molar-refractivity contribution is 0.666. The first kappa shape index (κ1) is 10.7. The molecule has 0 atom stereocenters. The molecule has 0 fully saturated rings. The van der Waals surface area contributed by atoms with Gasteiger partial charge in [0.05, 0.1) is 4.88 Å². The van der Waals surface area contributed by atoms with Gasteiger partial charge in [-0.25, -0.2) is 9.97 Å². The average molecular weight is 245 g/mol. The van der Waals surface area contributed by atoms with Crippen molar-refractivity contribution in [2.75, 3.05) is 5.73 Å². The number of hydrogen-bond acceptors (Lipinski definition) is 4. The number of nitrogens with zero attached hydrogens (tertiary/aromatic N) is 2. The normalized spacial score (nSPS) is 14.6. The van der Waals surface area contributed by atoms with E-state index in [-0.39, 0.29) is 0 Å². The van der Waals surface area contributed by atoms with E-state index < -0.39 is 0 Å². The Morgan fingerprint density at radius 2 is 2.06 bits per heavy atom. The number of aryl methyl sites for hydroxylation is 2. The van der Waals surface area contributed by atoms with Gasteiger partial charge < -0.3 is 5.73 Å². The molecule has 2 N–H and O–H groups in total. The highest BCUT2D eigenvalue weighted by molar-refractivity contribution is 7.13. The van der Waals surface area contributed by atoms with Gasteiger partial charge in [0, 0.05) is 11.3 Å². The van der Waals surface area contributed by atoms with Crippen LogP contribution in [0.4, 0.5) is 5.82 Å². The molecule has 1 aliphatic carbocycles. The van der Waals surface area contributed by atoms with Crippen LogP contribution >= 0.6 is 11.3 Å². The summed E-state index contributed by atoms with van der Waals surface area (Å²) in [5, 5.41) is 2.07. The van der Waals surface area contributed by atoms with Gasteiger partial charge in [-0.3, -0.25) is 0 Å². The van der Waals surface area contributed by atoms with Gasteiger partial charge >= 0.3 is 0 Å². The van der Waals surface area contributed by atoms with Gasteiger partial charge in [-0.05, 0) is 49.6 Å². The van der Waals surface area contributed by atoms with Crippen molar-refractivity contribution >= 4 is 17.2 Å². The smallest absolute Gasteiger partial charge is 0.172 e. The molecule has 0 aliphatic heterocycles. The van der Waals surface area contributed by atoms with E-state index in [1.165, 1.54) is 24.0 Å². The maximum Gasteiger partial charge on any atom is 0.172 e. The summed E-state index contributed by atoms with van der Waals surface area (Å²) < 4.78 is 0. The van der Waals surface area contributed by atoms with E-state index in [4.69, 9.17) is 10.7 Å². The number of nitrogens with two attached hydrogens (primary N) is 1. The fourth-order valence-electron chi connectivity index (χ4n) is 2.33. The summed E-state index contributed by atoms with van der Waals surface area (Å²) in [5.74, 6) is 1.48. The SMILES string of the molecule is Cc1ccsc1-c1nc(N)c2c(n1)CCCC2. The second kappa shape index (κ2) is 4.11. The summed E-state index contributed by atoms with van der Waals surface area (Å²) in [7, 11) is 0. The third-order valence-corrected chi connectivity index (χ3v) is 4.29. The molecule has 1 aliphatic rings. The third-order valence-electron chi connectivity index (χ3n) is 3.28. The van der Waals surface area contributed by atoms with Gasteiger partial charge in [-0.1, -0.05) is 0 Å². The molecule has 0 unspecified atom stereocenters. The Morgan fingerprint density at radius 3 is 2.82 bits per heavy atom. The van der Waals surface area contributed by atoms with E-state index in [9.17, 15) is 0 Å². The largest absolute Gasteiger partial charge is 0.383 e. The van der Waals surface area contributed by atoms with Crippen LogP contribution in [0, 0.1) is 6.92 Å². The van der Waals surface area contributed by atoms with Gasteiger partial charge in [-0.2, -0.15) is 0 Å².